The van der Waals surface area contributed by atoms with Crippen LogP contribution in [-0.4, -0.2) is 14.9 Å². The summed E-state index contributed by atoms with van der Waals surface area (Å²) in [5, 5.41) is 10.6. The van der Waals surface area contributed by atoms with Crippen molar-refractivity contribution in [1.29, 1.82) is 0 Å². The lowest BCUT2D eigenvalue weighted by Gasteiger charge is -1.99. The Morgan fingerprint density at radius 2 is 1.94 bits per heavy atom. The summed E-state index contributed by atoms with van der Waals surface area (Å²) in [6, 6.07) is 2.54. The van der Waals surface area contributed by atoms with E-state index in [0.29, 0.717) is 0 Å². The highest BCUT2D eigenvalue weighted by molar-refractivity contribution is 6.33. The highest BCUT2D eigenvalue weighted by atomic mass is 35.5. The van der Waals surface area contributed by atoms with Crippen LogP contribution in [0.2, 0.25) is 5.02 Å². The Morgan fingerprint density at radius 3 is 2.56 bits per heavy atom. The number of H-pyrrole nitrogens is 2. The molecule has 0 saturated carbocycles. The van der Waals surface area contributed by atoms with Crippen molar-refractivity contribution in [2.45, 2.75) is 0 Å². The molecule has 16 heavy (non-hydrogen) atoms. The van der Waals surface area contributed by atoms with E-state index in [4.69, 9.17) is 11.6 Å². The minimum Gasteiger partial charge on any atom is -0.301 e. The topological polar surface area (TPSA) is 109 Å². The number of aromatic nitrogens is 2. The number of benzene rings is 1. The number of rotatable bonds is 1. The molecular formula is C8H4ClN3O4. The molecular weight excluding hydrogens is 238 g/mol. The van der Waals surface area contributed by atoms with Gasteiger partial charge in [0.2, 0.25) is 0 Å². The van der Waals surface area contributed by atoms with Crippen LogP contribution in [-0.2, 0) is 0 Å². The molecule has 0 bridgehead atoms. The highest BCUT2D eigenvalue weighted by Crippen LogP contribution is 2.29. The molecule has 0 atom stereocenters. The van der Waals surface area contributed by atoms with E-state index in [1.807, 2.05) is 4.98 Å². The van der Waals surface area contributed by atoms with Gasteiger partial charge >= 0.3 is 11.4 Å². The minimum atomic E-state index is -0.817. The Labute approximate surface area is 91.8 Å². The molecule has 1 aromatic heterocycles. The van der Waals surface area contributed by atoms with Crippen molar-refractivity contribution in [3.05, 3.63) is 48.1 Å². The van der Waals surface area contributed by atoms with E-state index in [-0.39, 0.29) is 15.9 Å². The molecule has 1 aromatic carbocycles. The van der Waals surface area contributed by atoms with Crippen LogP contribution in [0.4, 0.5) is 5.69 Å². The van der Waals surface area contributed by atoms with Gasteiger partial charge in [-0.05, 0) is 12.1 Å². The zero-order chi connectivity index (χ0) is 11.9. The van der Waals surface area contributed by atoms with E-state index in [2.05, 4.69) is 4.98 Å². The molecule has 7 nitrogen and oxygen atoms in total. The van der Waals surface area contributed by atoms with Crippen LogP contribution in [0.15, 0.2) is 21.7 Å². The van der Waals surface area contributed by atoms with Gasteiger partial charge in [-0.1, -0.05) is 11.6 Å². The van der Waals surface area contributed by atoms with Gasteiger partial charge in [0.15, 0.2) is 0 Å². The van der Waals surface area contributed by atoms with Crippen molar-refractivity contribution in [2.24, 2.45) is 0 Å². The van der Waals surface area contributed by atoms with E-state index in [1.165, 1.54) is 12.1 Å². The van der Waals surface area contributed by atoms with Gasteiger partial charge in [-0.25, -0.2) is 4.79 Å². The van der Waals surface area contributed by atoms with Crippen molar-refractivity contribution in [3.8, 4) is 0 Å². The summed E-state index contributed by atoms with van der Waals surface area (Å²) in [7, 11) is 0. The van der Waals surface area contributed by atoms with Gasteiger partial charge < -0.3 is 4.98 Å². The number of nitrogens with one attached hydrogen (secondary N) is 2. The third kappa shape index (κ3) is 1.47. The standard InChI is InChI=1S/C8H4ClN3O4/c9-4-2-1-3-5(6(4)12(15)16)10-8(14)11-7(3)13/h1-2H,(H2,10,11,13,14). The number of nitro benzene ring substituents is 1. The first-order valence-corrected chi connectivity index (χ1v) is 4.47. The Bertz CT molecular complexity index is 702. The van der Waals surface area contributed by atoms with Gasteiger partial charge in [0.1, 0.15) is 10.5 Å². The van der Waals surface area contributed by atoms with E-state index in [1.54, 1.807) is 0 Å². The molecule has 0 radical (unpaired) electrons. The Balaban J connectivity index is 3.09. The third-order valence-electron chi connectivity index (χ3n) is 2.02. The quantitative estimate of drug-likeness (QED) is 0.568. The Kier molecular flexibility index (Phi) is 2.24. The van der Waals surface area contributed by atoms with Crippen LogP contribution in [0.5, 0.6) is 0 Å². The number of nitro groups is 1. The van der Waals surface area contributed by atoms with E-state index in [9.17, 15) is 19.7 Å². The molecule has 0 unspecified atom stereocenters. The summed E-state index contributed by atoms with van der Waals surface area (Å²) in [6.45, 7) is 0. The van der Waals surface area contributed by atoms with Crippen molar-refractivity contribution in [3.63, 3.8) is 0 Å². The van der Waals surface area contributed by atoms with Crippen LogP contribution in [0.3, 0.4) is 0 Å². The average Bonchev–Trinajstić information content (AvgIpc) is 2.15. The normalized spacial score (nSPS) is 10.6. The van der Waals surface area contributed by atoms with Crippen molar-refractivity contribution in [1.82, 2.24) is 9.97 Å². The second-order valence-corrected chi connectivity index (χ2v) is 3.39. The molecule has 1 heterocycles. The van der Waals surface area contributed by atoms with Crippen LogP contribution in [0.25, 0.3) is 10.9 Å². The van der Waals surface area contributed by atoms with Gasteiger partial charge in [-0.3, -0.25) is 19.9 Å². The zero-order valence-electron chi connectivity index (χ0n) is 7.61. The fraction of sp³-hybridized carbons (Fsp3) is 0. The third-order valence-corrected chi connectivity index (χ3v) is 2.33. The summed E-state index contributed by atoms with van der Waals surface area (Å²) >= 11 is 5.63. The molecule has 0 spiro atoms. The molecule has 0 amide bonds. The van der Waals surface area contributed by atoms with Gasteiger partial charge in [0.05, 0.1) is 10.3 Å². The number of fused-ring (bicyclic) bond motifs is 1. The van der Waals surface area contributed by atoms with Gasteiger partial charge in [0, 0.05) is 0 Å². The molecule has 8 heteroatoms. The maximum atomic E-state index is 11.3. The lowest BCUT2D eigenvalue weighted by molar-refractivity contribution is -0.383. The summed E-state index contributed by atoms with van der Waals surface area (Å²) in [5.41, 5.74) is -2.17. The Morgan fingerprint density at radius 1 is 1.25 bits per heavy atom. The summed E-state index contributed by atoms with van der Waals surface area (Å²) in [6.07, 6.45) is 0. The second kappa shape index (κ2) is 3.46. The molecule has 0 saturated heterocycles. The number of halogens is 1. The number of hydrogen-bond acceptors (Lipinski definition) is 4. The summed E-state index contributed by atoms with van der Waals surface area (Å²) in [4.78, 5) is 36.5. The fourth-order valence-corrected chi connectivity index (χ4v) is 1.60. The summed E-state index contributed by atoms with van der Waals surface area (Å²) in [5.74, 6) is 0. The average molecular weight is 242 g/mol. The van der Waals surface area contributed by atoms with Crippen LogP contribution in [0, 0.1) is 10.1 Å². The van der Waals surface area contributed by atoms with Gasteiger partial charge in [-0.2, -0.15) is 0 Å². The number of aromatic amines is 2. The molecule has 0 aliphatic heterocycles. The van der Waals surface area contributed by atoms with E-state index >= 15 is 0 Å². The maximum Gasteiger partial charge on any atom is 0.326 e. The predicted octanol–water partition coefficient (Wildman–Crippen LogP) is 0.778. The Hall–Kier alpha value is -2.15. The van der Waals surface area contributed by atoms with Crippen LogP contribution >= 0.6 is 11.6 Å². The lowest BCUT2D eigenvalue weighted by Crippen LogP contribution is -2.22. The monoisotopic (exact) mass is 241 g/mol. The summed E-state index contributed by atoms with van der Waals surface area (Å²) < 4.78 is 0. The van der Waals surface area contributed by atoms with Crippen molar-refractivity contribution in [2.75, 3.05) is 0 Å². The van der Waals surface area contributed by atoms with Gasteiger partial charge in [0.25, 0.3) is 5.56 Å². The fourth-order valence-electron chi connectivity index (χ4n) is 1.38. The molecule has 0 aliphatic carbocycles. The smallest absolute Gasteiger partial charge is 0.301 e. The molecule has 82 valence electrons. The molecule has 2 rings (SSSR count). The first-order chi connectivity index (χ1) is 7.50. The van der Waals surface area contributed by atoms with Crippen molar-refractivity contribution < 1.29 is 4.92 Å². The second-order valence-electron chi connectivity index (χ2n) is 2.98. The van der Waals surface area contributed by atoms with Crippen molar-refractivity contribution >= 4 is 28.2 Å². The maximum absolute atomic E-state index is 11.3. The lowest BCUT2D eigenvalue weighted by atomic mass is 10.2. The molecule has 2 N–H and O–H groups in total. The van der Waals surface area contributed by atoms with E-state index in [0.717, 1.165) is 0 Å². The molecule has 2 aromatic rings. The number of hydrogen-bond donors (Lipinski definition) is 2. The first-order valence-electron chi connectivity index (χ1n) is 4.10. The van der Waals surface area contributed by atoms with Crippen LogP contribution < -0.4 is 11.2 Å². The van der Waals surface area contributed by atoms with Crippen LogP contribution in [0.1, 0.15) is 0 Å². The first kappa shape index (κ1) is 10.4. The largest absolute Gasteiger partial charge is 0.326 e. The minimum absolute atomic E-state index is 0.00991. The van der Waals surface area contributed by atoms with E-state index < -0.39 is 21.9 Å². The van der Waals surface area contributed by atoms with Gasteiger partial charge in [-0.15, -0.1) is 0 Å². The molecule has 0 fully saturated rings. The number of nitrogens with zero attached hydrogens (tertiary/aromatic N) is 1. The highest BCUT2D eigenvalue weighted by Gasteiger charge is 2.19. The predicted molar refractivity (Wildman–Crippen MR) is 56.9 cm³/mol. The SMILES string of the molecule is O=c1[nH]c(=O)c2ccc(Cl)c([N+](=O)[O-])c2[nH]1. The molecule has 0 aliphatic rings. The zero-order valence-corrected chi connectivity index (χ0v) is 8.37.